The minimum absolute atomic E-state index is 0.330. The van der Waals surface area contributed by atoms with E-state index in [2.05, 4.69) is 21.2 Å². The molecule has 146 valence electrons. The standard InChI is InChI=1S/C22H30ClN3O/c23-19-2-1-3-20(11-19)25-4-6-26(7-5-25)21(27)15-24-22-12-16-8-17(13-22)10-18(9-16)14-22/h1-3,11,16-18,24H,4-10,12-15H2/p+1. The zero-order chi connectivity index (χ0) is 18.4. The van der Waals surface area contributed by atoms with E-state index < -0.39 is 0 Å². The summed E-state index contributed by atoms with van der Waals surface area (Å²) in [7, 11) is 0. The van der Waals surface area contributed by atoms with Crippen LogP contribution in [0.1, 0.15) is 38.5 Å². The van der Waals surface area contributed by atoms with E-state index in [1.54, 1.807) is 0 Å². The zero-order valence-electron chi connectivity index (χ0n) is 16.1. The molecular weight excluding hydrogens is 358 g/mol. The van der Waals surface area contributed by atoms with Crippen molar-refractivity contribution in [3.8, 4) is 0 Å². The molecule has 5 heteroatoms. The number of hydrogen-bond acceptors (Lipinski definition) is 2. The van der Waals surface area contributed by atoms with Crippen molar-refractivity contribution in [3.05, 3.63) is 29.3 Å². The fourth-order valence-electron chi connectivity index (χ4n) is 6.75. The lowest BCUT2D eigenvalue weighted by Gasteiger charge is -2.54. The molecule has 0 atom stereocenters. The Bertz CT molecular complexity index is 678. The lowest BCUT2D eigenvalue weighted by atomic mass is 9.53. The maximum absolute atomic E-state index is 12.8. The normalized spacial score (nSPS) is 34.9. The molecule has 1 aromatic rings. The number of halogens is 1. The van der Waals surface area contributed by atoms with Gasteiger partial charge in [0, 0.05) is 56.2 Å². The first-order valence-corrected chi connectivity index (χ1v) is 11.1. The average Bonchev–Trinajstić information content (AvgIpc) is 2.65. The summed E-state index contributed by atoms with van der Waals surface area (Å²) in [4.78, 5) is 17.2. The van der Waals surface area contributed by atoms with Crippen LogP contribution in [0.25, 0.3) is 0 Å². The number of quaternary nitrogens is 1. The van der Waals surface area contributed by atoms with E-state index in [-0.39, 0.29) is 0 Å². The Balaban J connectivity index is 1.14. The van der Waals surface area contributed by atoms with Crippen molar-refractivity contribution in [2.45, 2.75) is 44.1 Å². The first-order chi connectivity index (χ1) is 13.1. The Kier molecular flexibility index (Phi) is 4.60. The first kappa shape index (κ1) is 17.8. The Hall–Kier alpha value is -1.26. The van der Waals surface area contributed by atoms with Gasteiger partial charge in [-0.2, -0.15) is 0 Å². The molecule has 1 heterocycles. The molecule has 4 aliphatic carbocycles. The number of nitrogens with zero attached hydrogens (tertiary/aromatic N) is 2. The number of carbonyl (C=O) groups is 1. The highest BCUT2D eigenvalue weighted by atomic mass is 35.5. The van der Waals surface area contributed by atoms with Crippen molar-refractivity contribution in [2.24, 2.45) is 17.8 Å². The number of piperazine rings is 1. The summed E-state index contributed by atoms with van der Waals surface area (Å²) in [6, 6.07) is 8.02. The van der Waals surface area contributed by atoms with Gasteiger partial charge in [-0.3, -0.25) is 4.79 Å². The number of benzene rings is 1. The molecular formula is C22H31ClN3O+. The molecule has 27 heavy (non-hydrogen) atoms. The van der Waals surface area contributed by atoms with Crippen LogP contribution in [-0.4, -0.2) is 49.1 Å². The molecule has 5 fully saturated rings. The molecule has 0 aromatic heterocycles. The van der Waals surface area contributed by atoms with Crippen LogP contribution < -0.4 is 10.2 Å². The number of carbonyl (C=O) groups excluding carboxylic acids is 1. The molecule has 4 bridgehead atoms. The van der Waals surface area contributed by atoms with Gasteiger partial charge in [0.2, 0.25) is 0 Å². The largest absolute Gasteiger partial charge is 0.368 e. The number of amides is 1. The van der Waals surface area contributed by atoms with Crippen molar-refractivity contribution in [1.82, 2.24) is 4.90 Å². The van der Waals surface area contributed by atoms with E-state index in [0.29, 0.717) is 18.0 Å². The fraction of sp³-hybridized carbons (Fsp3) is 0.682. The number of nitrogens with two attached hydrogens (primary N) is 1. The number of anilines is 1. The van der Waals surface area contributed by atoms with Gasteiger partial charge in [-0.25, -0.2) is 0 Å². The molecule has 4 nitrogen and oxygen atoms in total. The highest BCUT2D eigenvalue weighted by molar-refractivity contribution is 6.30. The molecule has 0 unspecified atom stereocenters. The van der Waals surface area contributed by atoms with Crippen molar-refractivity contribution >= 4 is 23.2 Å². The van der Waals surface area contributed by atoms with Gasteiger partial charge in [-0.05, 0) is 55.2 Å². The van der Waals surface area contributed by atoms with E-state index >= 15 is 0 Å². The summed E-state index contributed by atoms with van der Waals surface area (Å²) in [5.74, 6) is 3.17. The zero-order valence-corrected chi connectivity index (χ0v) is 16.8. The van der Waals surface area contributed by atoms with Gasteiger partial charge in [0.05, 0.1) is 5.54 Å². The topological polar surface area (TPSA) is 40.2 Å². The van der Waals surface area contributed by atoms with Gasteiger partial charge in [-0.15, -0.1) is 0 Å². The van der Waals surface area contributed by atoms with E-state index in [0.717, 1.165) is 54.6 Å². The minimum atomic E-state index is 0.330. The Morgan fingerprint density at radius 1 is 1.04 bits per heavy atom. The van der Waals surface area contributed by atoms with Crippen molar-refractivity contribution < 1.29 is 10.1 Å². The van der Waals surface area contributed by atoms with Crippen LogP contribution in [0.4, 0.5) is 5.69 Å². The smallest absolute Gasteiger partial charge is 0.277 e. The molecule has 4 saturated carbocycles. The summed E-state index contributed by atoms with van der Waals surface area (Å²) >= 11 is 6.12. The highest BCUT2D eigenvalue weighted by Gasteiger charge is 2.53. The average molecular weight is 389 g/mol. The second-order valence-electron chi connectivity index (χ2n) is 9.54. The van der Waals surface area contributed by atoms with Gasteiger partial charge in [0.1, 0.15) is 0 Å². The number of hydrogen-bond donors (Lipinski definition) is 1. The SMILES string of the molecule is O=C(C[NH2+]C12CC3CC(CC(C3)C1)C2)N1CCN(c2cccc(Cl)c2)CC1. The maximum atomic E-state index is 12.8. The fourth-order valence-corrected chi connectivity index (χ4v) is 6.93. The van der Waals surface area contributed by atoms with E-state index in [1.165, 1.54) is 38.5 Å². The summed E-state index contributed by atoms with van der Waals surface area (Å²) in [6.45, 7) is 4.07. The Morgan fingerprint density at radius 3 is 2.26 bits per heavy atom. The van der Waals surface area contributed by atoms with Crippen LogP contribution in [0, 0.1) is 17.8 Å². The third kappa shape index (κ3) is 3.58. The van der Waals surface area contributed by atoms with Gasteiger partial charge in [0.15, 0.2) is 6.54 Å². The Labute approximate surface area is 167 Å². The summed E-state index contributed by atoms with van der Waals surface area (Å²) in [5, 5.41) is 3.22. The first-order valence-electron chi connectivity index (χ1n) is 10.7. The molecule has 6 rings (SSSR count). The van der Waals surface area contributed by atoms with Crippen LogP contribution in [0.15, 0.2) is 24.3 Å². The lowest BCUT2D eigenvalue weighted by Crippen LogP contribution is -3.00. The molecule has 0 radical (unpaired) electrons. The summed E-state index contributed by atoms with van der Waals surface area (Å²) in [5.41, 5.74) is 1.56. The van der Waals surface area contributed by atoms with E-state index in [4.69, 9.17) is 11.6 Å². The molecule has 0 spiro atoms. The molecule has 5 aliphatic rings. The van der Waals surface area contributed by atoms with Crippen molar-refractivity contribution in [1.29, 1.82) is 0 Å². The van der Waals surface area contributed by atoms with Crippen molar-refractivity contribution in [3.63, 3.8) is 0 Å². The monoisotopic (exact) mass is 388 g/mol. The summed E-state index contributed by atoms with van der Waals surface area (Å²) < 4.78 is 0. The van der Waals surface area contributed by atoms with Gasteiger partial charge in [-0.1, -0.05) is 17.7 Å². The van der Waals surface area contributed by atoms with Crippen molar-refractivity contribution in [2.75, 3.05) is 37.6 Å². The lowest BCUT2D eigenvalue weighted by molar-refractivity contribution is -0.730. The third-order valence-electron chi connectivity index (χ3n) is 7.60. The molecule has 1 aliphatic heterocycles. The molecule has 1 saturated heterocycles. The van der Waals surface area contributed by atoms with Crippen LogP contribution in [0.3, 0.4) is 0 Å². The van der Waals surface area contributed by atoms with Gasteiger partial charge < -0.3 is 15.1 Å². The van der Waals surface area contributed by atoms with E-state index in [9.17, 15) is 4.79 Å². The van der Waals surface area contributed by atoms with Crippen LogP contribution in [0.5, 0.6) is 0 Å². The predicted octanol–water partition coefficient (Wildman–Crippen LogP) is 2.52. The molecule has 1 amide bonds. The second-order valence-corrected chi connectivity index (χ2v) is 9.97. The molecule has 2 N–H and O–H groups in total. The van der Waals surface area contributed by atoms with E-state index in [1.807, 2.05) is 18.2 Å². The molecule has 1 aromatic carbocycles. The van der Waals surface area contributed by atoms with Crippen LogP contribution in [-0.2, 0) is 4.79 Å². The number of rotatable bonds is 4. The quantitative estimate of drug-likeness (QED) is 0.860. The minimum Gasteiger partial charge on any atom is -0.368 e. The third-order valence-corrected chi connectivity index (χ3v) is 7.84. The van der Waals surface area contributed by atoms with Crippen LogP contribution >= 0.6 is 11.6 Å². The second kappa shape index (κ2) is 6.97. The van der Waals surface area contributed by atoms with Gasteiger partial charge >= 0.3 is 0 Å². The van der Waals surface area contributed by atoms with Gasteiger partial charge in [0.25, 0.3) is 5.91 Å². The summed E-state index contributed by atoms with van der Waals surface area (Å²) in [6.07, 6.45) is 8.46. The highest BCUT2D eigenvalue weighted by Crippen LogP contribution is 2.54. The maximum Gasteiger partial charge on any atom is 0.277 e. The Morgan fingerprint density at radius 2 is 1.67 bits per heavy atom. The predicted molar refractivity (Wildman–Crippen MR) is 108 cm³/mol. The van der Waals surface area contributed by atoms with Crippen LogP contribution in [0.2, 0.25) is 5.02 Å².